The van der Waals surface area contributed by atoms with Crippen LogP contribution in [-0.4, -0.2) is 45.0 Å². The van der Waals surface area contributed by atoms with Crippen LogP contribution in [0.5, 0.6) is 11.5 Å². The van der Waals surface area contributed by atoms with Gasteiger partial charge in [-0.25, -0.2) is 9.78 Å². The van der Waals surface area contributed by atoms with Crippen LogP contribution >= 0.6 is 0 Å². The van der Waals surface area contributed by atoms with Gasteiger partial charge in [0.25, 0.3) is 0 Å². The number of benzene rings is 2. The Bertz CT molecular complexity index is 1360. The van der Waals surface area contributed by atoms with E-state index in [0.29, 0.717) is 28.2 Å². The molecule has 0 saturated carbocycles. The first kappa shape index (κ1) is 22.6. The molecule has 1 aliphatic heterocycles. The Hall–Kier alpha value is -4.17. The van der Waals surface area contributed by atoms with Crippen molar-refractivity contribution in [3.8, 4) is 22.8 Å². The number of carbonyl (C=O) groups is 1. The molecule has 8 nitrogen and oxygen atoms in total. The van der Waals surface area contributed by atoms with Crippen LogP contribution in [0.3, 0.4) is 0 Å². The zero-order valence-electron chi connectivity index (χ0n) is 19.4. The lowest BCUT2D eigenvalue weighted by Crippen LogP contribution is -2.53. The van der Waals surface area contributed by atoms with Crippen LogP contribution in [0.2, 0.25) is 0 Å². The molecule has 1 aliphatic rings. The molecule has 0 spiro atoms. The summed E-state index contributed by atoms with van der Waals surface area (Å²) in [6.07, 6.45) is 4.95. The Morgan fingerprint density at radius 3 is 2.57 bits per heavy atom. The molecular weight excluding hydrogens is 442 g/mol. The van der Waals surface area contributed by atoms with E-state index in [0.717, 1.165) is 37.1 Å². The first-order valence-corrected chi connectivity index (χ1v) is 11.6. The van der Waals surface area contributed by atoms with Gasteiger partial charge in [0.1, 0.15) is 11.5 Å². The van der Waals surface area contributed by atoms with Crippen molar-refractivity contribution in [3.63, 3.8) is 0 Å². The molecule has 2 aromatic heterocycles. The van der Waals surface area contributed by atoms with Gasteiger partial charge in [-0.15, -0.1) is 0 Å². The smallest absolute Gasteiger partial charge is 0.413 e. The number of H-pyrrole nitrogens is 1. The molecule has 3 heterocycles. The average Bonchev–Trinajstić information content (AvgIpc) is 3.27. The van der Waals surface area contributed by atoms with Crippen molar-refractivity contribution < 1.29 is 14.6 Å². The fourth-order valence-electron chi connectivity index (χ4n) is 4.21. The van der Waals surface area contributed by atoms with E-state index in [9.17, 15) is 9.90 Å². The van der Waals surface area contributed by atoms with Crippen LogP contribution in [0.4, 0.5) is 4.79 Å². The highest BCUT2D eigenvalue weighted by Crippen LogP contribution is 2.33. The van der Waals surface area contributed by atoms with Crippen LogP contribution in [0.1, 0.15) is 31.0 Å². The number of aromatic hydroxyl groups is 1. The van der Waals surface area contributed by atoms with Crippen LogP contribution in [0.15, 0.2) is 60.7 Å². The Balaban J connectivity index is 1.52. The Labute approximate surface area is 203 Å². The fourth-order valence-corrected chi connectivity index (χ4v) is 4.21. The zero-order chi connectivity index (χ0) is 24.3. The minimum Gasteiger partial charge on any atom is -0.508 e. The molecule has 1 saturated heterocycles. The second-order valence-corrected chi connectivity index (χ2v) is 8.95. The SMILES string of the molecule is CC1(NC(=O)Oc2cc(-c3ccc(O)cc3)nc3[nH]nc(/C=C/c4ccccc4)c23)CCNCC1. The van der Waals surface area contributed by atoms with Gasteiger partial charge in [0, 0.05) is 17.2 Å². The summed E-state index contributed by atoms with van der Waals surface area (Å²) in [5, 5.41) is 24.0. The number of aromatic amines is 1. The van der Waals surface area contributed by atoms with Gasteiger partial charge in [-0.2, -0.15) is 5.10 Å². The van der Waals surface area contributed by atoms with E-state index in [2.05, 4.69) is 20.8 Å². The second-order valence-electron chi connectivity index (χ2n) is 8.95. The number of nitrogens with one attached hydrogen (secondary N) is 3. The number of hydrogen-bond acceptors (Lipinski definition) is 6. The number of phenolic OH excluding ortho intramolecular Hbond substituents is 1. The normalized spacial score (nSPS) is 15.3. The second kappa shape index (κ2) is 9.60. The van der Waals surface area contributed by atoms with Crippen molar-refractivity contribution in [3.05, 3.63) is 71.9 Å². The molecule has 2 aromatic carbocycles. The van der Waals surface area contributed by atoms with E-state index >= 15 is 0 Å². The molecular formula is C27H27N5O3. The van der Waals surface area contributed by atoms with Crippen LogP contribution < -0.4 is 15.4 Å². The largest absolute Gasteiger partial charge is 0.508 e. The van der Waals surface area contributed by atoms with Gasteiger partial charge < -0.3 is 20.5 Å². The van der Waals surface area contributed by atoms with Crippen molar-refractivity contribution in [2.24, 2.45) is 0 Å². The molecule has 4 N–H and O–H groups in total. The summed E-state index contributed by atoms with van der Waals surface area (Å²) in [5.74, 6) is 0.519. The topological polar surface area (TPSA) is 112 Å². The van der Waals surface area contributed by atoms with Gasteiger partial charge in [-0.1, -0.05) is 36.4 Å². The maximum atomic E-state index is 13.0. The third-order valence-corrected chi connectivity index (χ3v) is 6.23. The molecule has 0 radical (unpaired) electrons. The number of carbonyl (C=O) groups excluding carboxylic acids is 1. The third-order valence-electron chi connectivity index (χ3n) is 6.23. The lowest BCUT2D eigenvalue weighted by atomic mass is 9.91. The van der Waals surface area contributed by atoms with Crippen molar-refractivity contribution in [1.29, 1.82) is 0 Å². The van der Waals surface area contributed by atoms with E-state index in [1.165, 1.54) is 0 Å². The Morgan fingerprint density at radius 2 is 1.83 bits per heavy atom. The van der Waals surface area contributed by atoms with Gasteiger partial charge in [0.2, 0.25) is 0 Å². The minimum absolute atomic E-state index is 0.163. The molecule has 35 heavy (non-hydrogen) atoms. The number of hydrogen-bond donors (Lipinski definition) is 4. The van der Waals surface area contributed by atoms with E-state index in [1.54, 1.807) is 30.3 Å². The van der Waals surface area contributed by atoms with Crippen molar-refractivity contribution >= 4 is 29.3 Å². The number of ether oxygens (including phenoxy) is 1. The standard InChI is InChI=1S/C27H27N5O3/c1-27(13-15-28-16-14-27)30-26(34)35-23-17-22(19-8-10-20(33)11-9-19)29-25-24(23)21(31-32-25)12-7-18-5-3-2-4-6-18/h2-12,17,28,33H,13-16H2,1H3,(H,30,34)(H,29,31,32)/b12-7+. The maximum absolute atomic E-state index is 13.0. The van der Waals surface area contributed by atoms with Crippen molar-refractivity contribution in [2.45, 2.75) is 25.3 Å². The Kier molecular flexibility index (Phi) is 6.20. The van der Waals surface area contributed by atoms with Crippen LogP contribution in [0.25, 0.3) is 34.4 Å². The summed E-state index contributed by atoms with van der Waals surface area (Å²) in [6.45, 7) is 3.72. The predicted octanol–water partition coefficient (Wildman–Crippen LogP) is 4.73. The summed E-state index contributed by atoms with van der Waals surface area (Å²) in [6, 6.07) is 18.3. The highest BCUT2D eigenvalue weighted by atomic mass is 16.6. The summed E-state index contributed by atoms with van der Waals surface area (Å²) in [4.78, 5) is 17.7. The first-order valence-electron chi connectivity index (χ1n) is 11.6. The molecule has 4 aromatic rings. The third kappa shape index (κ3) is 5.17. The van der Waals surface area contributed by atoms with Crippen LogP contribution in [-0.2, 0) is 0 Å². The summed E-state index contributed by atoms with van der Waals surface area (Å²) >= 11 is 0. The molecule has 5 rings (SSSR count). The van der Waals surface area contributed by atoms with Gasteiger partial charge in [-0.3, -0.25) is 5.10 Å². The molecule has 1 fully saturated rings. The number of pyridine rings is 1. The first-order chi connectivity index (χ1) is 17.0. The zero-order valence-corrected chi connectivity index (χ0v) is 19.4. The lowest BCUT2D eigenvalue weighted by molar-refractivity contribution is 0.177. The highest BCUT2D eigenvalue weighted by Gasteiger charge is 2.29. The van der Waals surface area contributed by atoms with E-state index < -0.39 is 6.09 Å². The van der Waals surface area contributed by atoms with E-state index in [1.807, 2.05) is 49.4 Å². The molecule has 0 atom stereocenters. The molecule has 178 valence electrons. The van der Waals surface area contributed by atoms with E-state index in [4.69, 9.17) is 9.72 Å². The van der Waals surface area contributed by atoms with Crippen LogP contribution in [0, 0.1) is 0 Å². The number of amides is 1. The number of piperidine rings is 1. The lowest BCUT2D eigenvalue weighted by Gasteiger charge is -2.34. The summed E-state index contributed by atoms with van der Waals surface area (Å²) in [7, 11) is 0. The fraction of sp³-hybridized carbons (Fsp3) is 0.222. The van der Waals surface area contributed by atoms with Gasteiger partial charge in [-0.05, 0) is 68.8 Å². The number of fused-ring (bicyclic) bond motifs is 1. The molecule has 0 aliphatic carbocycles. The highest BCUT2D eigenvalue weighted by molar-refractivity contribution is 5.95. The average molecular weight is 470 g/mol. The number of aromatic nitrogens is 3. The monoisotopic (exact) mass is 469 g/mol. The number of phenols is 1. The van der Waals surface area contributed by atoms with Gasteiger partial charge >= 0.3 is 6.09 Å². The van der Waals surface area contributed by atoms with Crippen molar-refractivity contribution in [1.82, 2.24) is 25.8 Å². The number of rotatable bonds is 5. The quantitative estimate of drug-likeness (QED) is 0.336. The summed E-state index contributed by atoms with van der Waals surface area (Å²) < 4.78 is 5.88. The molecule has 0 unspecified atom stereocenters. The van der Waals surface area contributed by atoms with E-state index in [-0.39, 0.29) is 11.3 Å². The maximum Gasteiger partial charge on any atom is 0.413 e. The summed E-state index contributed by atoms with van der Waals surface area (Å²) in [5.41, 5.74) is 3.17. The Morgan fingerprint density at radius 1 is 1.09 bits per heavy atom. The molecule has 0 bridgehead atoms. The van der Waals surface area contributed by atoms with Gasteiger partial charge in [0.05, 0.1) is 16.8 Å². The molecule has 1 amide bonds. The van der Waals surface area contributed by atoms with Gasteiger partial charge in [0.15, 0.2) is 5.65 Å². The van der Waals surface area contributed by atoms with Crippen molar-refractivity contribution in [2.75, 3.05) is 13.1 Å². The predicted molar refractivity (Wildman–Crippen MR) is 136 cm³/mol. The minimum atomic E-state index is -0.516. The number of nitrogens with zero attached hydrogens (tertiary/aromatic N) is 2. The molecule has 8 heteroatoms.